The third-order valence-electron chi connectivity index (χ3n) is 1.94. The van der Waals surface area contributed by atoms with E-state index >= 15 is 0 Å². The average Bonchev–Trinajstić information content (AvgIpc) is 2.26. The Morgan fingerprint density at radius 1 is 1.20 bits per heavy atom. The van der Waals surface area contributed by atoms with Crippen LogP contribution in [0.3, 0.4) is 0 Å². The van der Waals surface area contributed by atoms with Crippen LogP contribution in [-0.2, 0) is 4.79 Å². The van der Waals surface area contributed by atoms with Crippen molar-refractivity contribution in [1.29, 1.82) is 0 Å². The Morgan fingerprint density at radius 2 is 1.80 bits per heavy atom. The number of benzene rings is 1. The molecular formula is C11H10Cl2O2. The van der Waals surface area contributed by atoms with Crippen LogP contribution in [0.5, 0.6) is 0 Å². The maximum absolute atomic E-state index is 11.7. The van der Waals surface area contributed by atoms with Crippen molar-refractivity contribution in [2.45, 2.75) is 18.2 Å². The lowest BCUT2D eigenvalue weighted by Gasteiger charge is -2.06. The van der Waals surface area contributed by atoms with Gasteiger partial charge in [0.15, 0.2) is 5.78 Å². The minimum absolute atomic E-state index is 0.119. The normalized spacial score (nSPS) is 12.1. The number of ketones is 1. The van der Waals surface area contributed by atoms with Gasteiger partial charge in [0.05, 0.1) is 5.38 Å². The van der Waals surface area contributed by atoms with E-state index in [-0.39, 0.29) is 18.6 Å². The molecule has 1 aromatic rings. The highest BCUT2D eigenvalue weighted by Crippen LogP contribution is 2.14. The molecule has 1 aromatic carbocycles. The molecule has 4 heteroatoms. The Bertz CT molecular complexity index is 349. The maximum Gasteiger partial charge on any atom is 0.221 e. The van der Waals surface area contributed by atoms with Crippen molar-refractivity contribution < 1.29 is 9.59 Å². The fourth-order valence-corrected chi connectivity index (χ4v) is 1.50. The van der Waals surface area contributed by atoms with Crippen molar-refractivity contribution >= 4 is 34.2 Å². The first kappa shape index (κ1) is 12.2. The Hall–Kier alpha value is -0.860. The van der Waals surface area contributed by atoms with Crippen LogP contribution in [0.15, 0.2) is 30.3 Å². The smallest absolute Gasteiger partial charge is 0.221 e. The van der Waals surface area contributed by atoms with Crippen molar-refractivity contribution in [3.05, 3.63) is 35.9 Å². The molecule has 0 saturated heterocycles. The van der Waals surface area contributed by atoms with Gasteiger partial charge in [-0.1, -0.05) is 30.3 Å². The van der Waals surface area contributed by atoms with Crippen LogP contribution in [0.25, 0.3) is 0 Å². The van der Waals surface area contributed by atoms with Crippen molar-refractivity contribution in [2.75, 3.05) is 0 Å². The zero-order valence-corrected chi connectivity index (χ0v) is 9.46. The molecular weight excluding hydrogens is 235 g/mol. The molecule has 0 fully saturated rings. The highest BCUT2D eigenvalue weighted by molar-refractivity contribution is 6.63. The Morgan fingerprint density at radius 3 is 2.33 bits per heavy atom. The van der Waals surface area contributed by atoms with E-state index in [2.05, 4.69) is 0 Å². The number of hydrogen-bond donors (Lipinski definition) is 0. The monoisotopic (exact) mass is 244 g/mol. The van der Waals surface area contributed by atoms with E-state index < -0.39 is 10.6 Å². The molecule has 0 radical (unpaired) electrons. The van der Waals surface area contributed by atoms with Crippen LogP contribution < -0.4 is 0 Å². The summed E-state index contributed by atoms with van der Waals surface area (Å²) in [5.41, 5.74) is 0.555. The minimum Gasteiger partial charge on any atom is -0.293 e. The van der Waals surface area contributed by atoms with E-state index in [4.69, 9.17) is 23.2 Å². The number of carbonyl (C=O) groups is 2. The summed E-state index contributed by atoms with van der Waals surface area (Å²) in [5.74, 6) is -0.171. The van der Waals surface area contributed by atoms with Crippen LogP contribution in [0.1, 0.15) is 23.2 Å². The summed E-state index contributed by atoms with van der Waals surface area (Å²) in [5, 5.41) is -1.16. The molecule has 0 aliphatic heterocycles. The first-order valence-corrected chi connectivity index (χ1v) is 5.34. The molecule has 80 valence electrons. The Balaban J connectivity index is 2.57. The van der Waals surface area contributed by atoms with E-state index in [9.17, 15) is 9.59 Å². The lowest BCUT2D eigenvalue weighted by atomic mass is 10.1. The average molecular weight is 245 g/mol. The van der Waals surface area contributed by atoms with Crippen molar-refractivity contribution in [3.63, 3.8) is 0 Å². The molecule has 15 heavy (non-hydrogen) atoms. The summed E-state index contributed by atoms with van der Waals surface area (Å²) in [4.78, 5) is 22.2. The van der Waals surface area contributed by atoms with Gasteiger partial charge in [-0.05, 0) is 18.0 Å². The summed E-state index contributed by atoms with van der Waals surface area (Å²) in [6.45, 7) is 0. The van der Waals surface area contributed by atoms with Crippen molar-refractivity contribution in [3.8, 4) is 0 Å². The van der Waals surface area contributed by atoms with E-state index in [1.165, 1.54) is 0 Å². The van der Waals surface area contributed by atoms with Gasteiger partial charge < -0.3 is 0 Å². The summed E-state index contributed by atoms with van der Waals surface area (Å²) in [7, 11) is 0. The predicted molar refractivity (Wildman–Crippen MR) is 60.5 cm³/mol. The number of rotatable bonds is 5. The zero-order chi connectivity index (χ0) is 11.3. The van der Waals surface area contributed by atoms with Gasteiger partial charge in [0.25, 0.3) is 0 Å². The van der Waals surface area contributed by atoms with Gasteiger partial charge in [-0.2, -0.15) is 0 Å². The molecule has 0 N–H and O–H groups in total. The number of Topliss-reactive ketones (excluding diaryl/α,β-unsaturated/α-hetero) is 1. The fraction of sp³-hybridized carbons (Fsp3) is 0.273. The Kier molecular flexibility index (Phi) is 4.79. The standard InChI is InChI=1S/C11H10Cl2O2/c12-9(6-7-10(13)14)11(15)8-4-2-1-3-5-8/h1-5,9H,6-7H2. The van der Waals surface area contributed by atoms with Crippen molar-refractivity contribution in [2.24, 2.45) is 0 Å². The van der Waals surface area contributed by atoms with E-state index in [0.717, 1.165) is 0 Å². The van der Waals surface area contributed by atoms with Gasteiger partial charge in [-0.15, -0.1) is 11.6 Å². The van der Waals surface area contributed by atoms with Gasteiger partial charge in [-0.25, -0.2) is 0 Å². The maximum atomic E-state index is 11.7. The van der Waals surface area contributed by atoms with Gasteiger partial charge in [-0.3, -0.25) is 9.59 Å². The van der Waals surface area contributed by atoms with Gasteiger partial charge >= 0.3 is 0 Å². The second kappa shape index (κ2) is 5.89. The Labute approximate surface area is 98.2 Å². The topological polar surface area (TPSA) is 34.1 Å². The SMILES string of the molecule is O=C(Cl)CCC(Cl)C(=O)c1ccccc1. The first-order valence-electron chi connectivity index (χ1n) is 4.53. The van der Waals surface area contributed by atoms with E-state index in [1.807, 2.05) is 6.07 Å². The fourth-order valence-electron chi connectivity index (χ4n) is 1.15. The van der Waals surface area contributed by atoms with E-state index in [0.29, 0.717) is 5.56 Å². The van der Waals surface area contributed by atoms with Gasteiger partial charge in [0.2, 0.25) is 5.24 Å². The van der Waals surface area contributed by atoms with Crippen LogP contribution in [-0.4, -0.2) is 16.4 Å². The molecule has 0 bridgehead atoms. The molecule has 0 aliphatic rings. The van der Waals surface area contributed by atoms with Crippen LogP contribution in [0, 0.1) is 0 Å². The van der Waals surface area contributed by atoms with Crippen LogP contribution >= 0.6 is 23.2 Å². The quantitative estimate of drug-likeness (QED) is 0.454. The number of alkyl halides is 1. The van der Waals surface area contributed by atoms with Crippen molar-refractivity contribution in [1.82, 2.24) is 0 Å². The highest BCUT2D eigenvalue weighted by atomic mass is 35.5. The second-order valence-electron chi connectivity index (χ2n) is 3.09. The molecule has 0 aromatic heterocycles. The first-order chi connectivity index (χ1) is 7.11. The molecule has 2 nitrogen and oxygen atoms in total. The lowest BCUT2D eigenvalue weighted by Crippen LogP contribution is -2.15. The lowest BCUT2D eigenvalue weighted by molar-refractivity contribution is -0.111. The molecule has 1 rings (SSSR count). The summed E-state index contributed by atoms with van der Waals surface area (Å²) in [6, 6.07) is 8.75. The molecule has 0 spiro atoms. The largest absolute Gasteiger partial charge is 0.293 e. The predicted octanol–water partition coefficient (Wildman–Crippen LogP) is 3.02. The molecule has 1 unspecified atom stereocenters. The molecule has 0 heterocycles. The van der Waals surface area contributed by atoms with Crippen LogP contribution in [0.2, 0.25) is 0 Å². The number of carbonyl (C=O) groups excluding carboxylic acids is 2. The van der Waals surface area contributed by atoms with Crippen LogP contribution in [0.4, 0.5) is 0 Å². The highest BCUT2D eigenvalue weighted by Gasteiger charge is 2.17. The van der Waals surface area contributed by atoms with Gasteiger partial charge in [0.1, 0.15) is 0 Å². The zero-order valence-electron chi connectivity index (χ0n) is 7.95. The summed E-state index contributed by atoms with van der Waals surface area (Å²) < 4.78 is 0. The summed E-state index contributed by atoms with van der Waals surface area (Å²) >= 11 is 11.0. The number of halogens is 2. The minimum atomic E-state index is -0.685. The third-order valence-corrected chi connectivity index (χ3v) is 2.54. The number of hydrogen-bond acceptors (Lipinski definition) is 2. The molecule has 0 amide bonds. The molecule has 0 saturated carbocycles. The molecule has 1 atom stereocenters. The second-order valence-corrected chi connectivity index (χ2v) is 4.04. The third kappa shape index (κ3) is 4.02. The van der Waals surface area contributed by atoms with E-state index in [1.54, 1.807) is 24.3 Å². The summed E-state index contributed by atoms with van der Waals surface area (Å²) in [6.07, 6.45) is 0.395. The molecule has 0 aliphatic carbocycles. The van der Waals surface area contributed by atoms with Gasteiger partial charge in [0, 0.05) is 12.0 Å².